The summed E-state index contributed by atoms with van der Waals surface area (Å²) in [7, 11) is -2.10. The van der Waals surface area contributed by atoms with E-state index in [2.05, 4.69) is 10.0 Å². The molecule has 1 atom stereocenters. The summed E-state index contributed by atoms with van der Waals surface area (Å²) < 4.78 is 25.7. The number of carbonyl (C=O) groups excluding carboxylic acids is 1. The SMILES string of the molecule is CNS(=O)(=O)c1ccc(/C=C/C(=O)NC(C)c2cccc3ccccc23)cc1. The van der Waals surface area contributed by atoms with Gasteiger partial charge in [0, 0.05) is 6.08 Å². The Kier molecular flexibility index (Phi) is 5.92. The summed E-state index contributed by atoms with van der Waals surface area (Å²) in [6.07, 6.45) is 3.10. The molecule has 0 saturated carbocycles. The minimum atomic E-state index is -3.46. The number of hydrogen-bond acceptors (Lipinski definition) is 3. The monoisotopic (exact) mass is 394 g/mol. The van der Waals surface area contributed by atoms with Crippen molar-refractivity contribution in [1.29, 1.82) is 0 Å². The molecule has 1 unspecified atom stereocenters. The standard InChI is InChI=1S/C22H22N2O3S/c1-16(20-9-5-7-18-6-3-4-8-21(18)20)24-22(25)15-12-17-10-13-19(14-11-17)28(26,27)23-2/h3-16,23H,1-2H3,(H,24,25)/b15-12+. The molecule has 6 heteroatoms. The van der Waals surface area contributed by atoms with E-state index in [9.17, 15) is 13.2 Å². The fourth-order valence-electron chi connectivity index (χ4n) is 3.02. The van der Waals surface area contributed by atoms with Crippen LogP contribution in [0.1, 0.15) is 24.1 Å². The summed E-state index contributed by atoms with van der Waals surface area (Å²) in [6, 6.07) is 20.3. The number of hydrogen-bond donors (Lipinski definition) is 2. The van der Waals surface area contributed by atoms with E-state index < -0.39 is 10.0 Å². The van der Waals surface area contributed by atoms with Crippen molar-refractivity contribution in [2.24, 2.45) is 0 Å². The van der Waals surface area contributed by atoms with Crippen molar-refractivity contribution >= 4 is 32.8 Å². The lowest BCUT2D eigenvalue weighted by atomic mass is 10.00. The number of rotatable bonds is 6. The lowest BCUT2D eigenvalue weighted by molar-refractivity contribution is -0.117. The molecule has 0 bridgehead atoms. The average Bonchev–Trinajstić information content (AvgIpc) is 2.72. The van der Waals surface area contributed by atoms with Gasteiger partial charge < -0.3 is 5.32 Å². The third-order valence-corrected chi connectivity index (χ3v) is 5.97. The van der Waals surface area contributed by atoms with E-state index in [1.165, 1.54) is 25.3 Å². The van der Waals surface area contributed by atoms with Crippen LogP contribution >= 0.6 is 0 Å². The second-order valence-electron chi connectivity index (χ2n) is 6.41. The molecule has 2 N–H and O–H groups in total. The molecule has 3 rings (SSSR count). The quantitative estimate of drug-likeness (QED) is 0.627. The summed E-state index contributed by atoms with van der Waals surface area (Å²) in [6.45, 7) is 1.95. The van der Waals surface area contributed by atoms with E-state index in [0.717, 1.165) is 21.9 Å². The van der Waals surface area contributed by atoms with E-state index in [-0.39, 0.29) is 16.8 Å². The van der Waals surface area contributed by atoms with Gasteiger partial charge in [-0.2, -0.15) is 0 Å². The van der Waals surface area contributed by atoms with Gasteiger partial charge in [-0.05, 0) is 54.1 Å². The number of sulfonamides is 1. The Morgan fingerprint density at radius 2 is 1.64 bits per heavy atom. The zero-order valence-corrected chi connectivity index (χ0v) is 16.5. The molecule has 0 aromatic heterocycles. The Bertz CT molecular complexity index is 1110. The highest BCUT2D eigenvalue weighted by atomic mass is 32.2. The third kappa shape index (κ3) is 4.47. The average molecular weight is 394 g/mol. The van der Waals surface area contributed by atoms with Gasteiger partial charge in [0.2, 0.25) is 15.9 Å². The maximum Gasteiger partial charge on any atom is 0.244 e. The van der Waals surface area contributed by atoms with Crippen molar-refractivity contribution in [1.82, 2.24) is 10.0 Å². The van der Waals surface area contributed by atoms with Crippen molar-refractivity contribution < 1.29 is 13.2 Å². The van der Waals surface area contributed by atoms with Gasteiger partial charge in [0.05, 0.1) is 10.9 Å². The zero-order valence-electron chi connectivity index (χ0n) is 15.7. The molecule has 0 radical (unpaired) electrons. The van der Waals surface area contributed by atoms with Gasteiger partial charge in [0.15, 0.2) is 0 Å². The van der Waals surface area contributed by atoms with E-state index in [0.29, 0.717) is 0 Å². The smallest absolute Gasteiger partial charge is 0.244 e. The molecule has 3 aromatic carbocycles. The number of carbonyl (C=O) groups is 1. The van der Waals surface area contributed by atoms with E-state index in [1.54, 1.807) is 18.2 Å². The van der Waals surface area contributed by atoms with Crippen molar-refractivity contribution in [3.05, 3.63) is 83.9 Å². The molecule has 0 aliphatic heterocycles. The van der Waals surface area contributed by atoms with Crippen LogP contribution in [0.25, 0.3) is 16.8 Å². The maximum atomic E-state index is 12.3. The van der Waals surface area contributed by atoms with Gasteiger partial charge in [-0.15, -0.1) is 0 Å². The summed E-state index contributed by atoms with van der Waals surface area (Å²) >= 11 is 0. The Hall–Kier alpha value is -2.96. The molecule has 144 valence electrons. The molecule has 0 spiro atoms. The second-order valence-corrected chi connectivity index (χ2v) is 8.30. The van der Waals surface area contributed by atoms with E-state index in [4.69, 9.17) is 0 Å². The molecule has 0 saturated heterocycles. The molecule has 28 heavy (non-hydrogen) atoms. The predicted octanol–water partition coefficient (Wildman–Crippen LogP) is 3.64. The number of benzene rings is 3. The van der Waals surface area contributed by atoms with Gasteiger partial charge in [-0.3, -0.25) is 4.79 Å². The van der Waals surface area contributed by atoms with Crippen LogP contribution in [0.4, 0.5) is 0 Å². The van der Waals surface area contributed by atoms with Crippen molar-refractivity contribution in [2.75, 3.05) is 7.05 Å². The van der Waals surface area contributed by atoms with Crippen molar-refractivity contribution in [2.45, 2.75) is 17.9 Å². The highest BCUT2D eigenvalue weighted by Crippen LogP contribution is 2.24. The fraction of sp³-hybridized carbons (Fsp3) is 0.136. The first-order chi connectivity index (χ1) is 13.4. The van der Waals surface area contributed by atoms with Crippen LogP contribution < -0.4 is 10.0 Å². The molecule has 0 aliphatic carbocycles. The van der Waals surface area contributed by atoms with Crippen LogP contribution in [0.3, 0.4) is 0 Å². The molecule has 3 aromatic rings. The maximum absolute atomic E-state index is 12.3. The first-order valence-electron chi connectivity index (χ1n) is 8.90. The van der Waals surface area contributed by atoms with Crippen LogP contribution in [0.5, 0.6) is 0 Å². The zero-order chi connectivity index (χ0) is 20.1. The Labute approximate surface area is 165 Å². The number of fused-ring (bicyclic) bond motifs is 1. The van der Waals surface area contributed by atoms with Gasteiger partial charge in [0.25, 0.3) is 0 Å². The third-order valence-electron chi connectivity index (χ3n) is 4.53. The minimum Gasteiger partial charge on any atom is -0.346 e. The van der Waals surface area contributed by atoms with Gasteiger partial charge in [-0.1, -0.05) is 54.6 Å². The number of amides is 1. The van der Waals surface area contributed by atoms with Crippen molar-refractivity contribution in [3.63, 3.8) is 0 Å². The van der Waals surface area contributed by atoms with Gasteiger partial charge in [0.1, 0.15) is 0 Å². The van der Waals surface area contributed by atoms with Crippen LogP contribution in [0.2, 0.25) is 0 Å². The molecule has 1 amide bonds. The summed E-state index contributed by atoms with van der Waals surface area (Å²) in [5.74, 6) is -0.215. The summed E-state index contributed by atoms with van der Waals surface area (Å²) in [4.78, 5) is 12.5. The first-order valence-corrected chi connectivity index (χ1v) is 10.4. The molecular weight excluding hydrogens is 372 g/mol. The molecule has 0 aliphatic rings. The first kappa shape index (κ1) is 19.8. The Balaban J connectivity index is 1.69. The van der Waals surface area contributed by atoms with Gasteiger partial charge >= 0.3 is 0 Å². The summed E-state index contributed by atoms with van der Waals surface area (Å²) in [5, 5.41) is 5.22. The predicted molar refractivity (Wildman–Crippen MR) is 112 cm³/mol. The van der Waals surface area contributed by atoms with E-state index in [1.807, 2.05) is 49.4 Å². The van der Waals surface area contributed by atoms with Gasteiger partial charge in [-0.25, -0.2) is 13.1 Å². The number of nitrogens with one attached hydrogen (secondary N) is 2. The van der Waals surface area contributed by atoms with Crippen LogP contribution in [-0.4, -0.2) is 21.4 Å². The summed E-state index contributed by atoms with van der Waals surface area (Å²) in [5.41, 5.74) is 1.80. The normalized spacial score (nSPS) is 12.9. The minimum absolute atomic E-state index is 0.147. The van der Waals surface area contributed by atoms with E-state index >= 15 is 0 Å². The van der Waals surface area contributed by atoms with Crippen LogP contribution in [0.15, 0.2) is 77.7 Å². The topological polar surface area (TPSA) is 75.3 Å². The Morgan fingerprint density at radius 3 is 2.36 bits per heavy atom. The van der Waals surface area contributed by atoms with Crippen LogP contribution in [-0.2, 0) is 14.8 Å². The lowest BCUT2D eigenvalue weighted by Gasteiger charge is -2.15. The second kappa shape index (κ2) is 8.37. The lowest BCUT2D eigenvalue weighted by Crippen LogP contribution is -2.24. The molecule has 0 heterocycles. The molecular formula is C22H22N2O3S. The Morgan fingerprint density at radius 1 is 0.964 bits per heavy atom. The molecule has 0 fully saturated rings. The van der Waals surface area contributed by atoms with Crippen molar-refractivity contribution in [3.8, 4) is 0 Å². The molecule has 5 nitrogen and oxygen atoms in total. The fourth-order valence-corrected chi connectivity index (χ4v) is 3.75. The van der Waals surface area contributed by atoms with Crippen LogP contribution in [0, 0.1) is 0 Å². The highest BCUT2D eigenvalue weighted by molar-refractivity contribution is 7.89. The highest BCUT2D eigenvalue weighted by Gasteiger charge is 2.11. The largest absolute Gasteiger partial charge is 0.346 e.